The van der Waals surface area contributed by atoms with Gasteiger partial charge in [-0.15, -0.1) is 10.2 Å². The Kier molecular flexibility index (Phi) is 3.88. The Hall–Kier alpha value is -1.10. The van der Waals surface area contributed by atoms with Crippen molar-refractivity contribution in [2.45, 2.75) is 25.7 Å². The first-order chi connectivity index (χ1) is 6.74. The second kappa shape index (κ2) is 4.95. The van der Waals surface area contributed by atoms with E-state index in [1.54, 1.807) is 0 Å². The van der Waals surface area contributed by atoms with Gasteiger partial charge >= 0.3 is 0 Å². The van der Waals surface area contributed by atoms with Gasteiger partial charge in [0.15, 0.2) is 0 Å². The lowest BCUT2D eigenvalue weighted by Crippen LogP contribution is -2.16. The smallest absolute Gasteiger partial charge is 0.224 e. The predicted octanol–water partition coefficient (Wildman–Crippen LogP) is 0.699. The molecule has 14 heavy (non-hydrogen) atoms. The second-order valence-corrected chi connectivity index (χ2v) is 3.41. The molecule has 1 unspecified atom stereocenters. The van der Waals surface area contributed by atoms with Crippen LogP contribution in [-0.2, 0) is 7.05 Å². The molecule has 0 aliphatic rings. The van der Waals surface area contributed by atoms with E-state index >= 15 is 0 Å². The average Bonchev–Trinajstić information content (AvgIpc) is 2.56. The van der Waals surface area contributed by atoms with Gasteiger partial charge in [-0.25, -0.2) is 0 Å². The van der Waals surface area contributed by atoms with Crippen LogP contribution in [0.2, 0.25) is 0 Å². The maximum absolute atomic E-state index is 5.71. The lowest BCUT2D eigenvalue weighted by molar-refractivity contribution is 0.567. The minimum Gasteiger partial charge on any atom is -0.357 e. The summed E-state index contributed by atoms with van der Waals surface area (Å²) in [5, 5.41) is 11.2. The van der Waals surface area contributed by atoms with E-state index in [9.17, 15) is 0 Å². The van der Waals surface area contributed by atoms with Crippen molar-refractivity contribution in [3.8, 4) is 0 Å². The number of nitrogens with one attached hydrogen (secondary N) is 1. The van der Waals surface area contributed by atoms with E-state index in [1.807, 2.05) is 18.7 Å². The van der Waals surface area contributed by atoms with Crippen molar-refractivity contribution in [1.82, 2.24) is 14.8 Å². The third-order valence-electron chi connectivity index (χ3n) is 2.42. The number of hydrogen-bond donors (Lipinski definition) is 2. The maximum atomic E-state index is 5.71. The number of anilines is 1. The van der Waals surface area contributed by atoms with Crippen LogP contribution in [0.5, 0.6) is 0 Å². The van der Waals surface area contributed by atoms with E-state index in [4.69, 9.17) is 5.73 Å². The van der Waals surface area contributed by atoms with Gasteiger partial charge in [-0.1, -0.05) is 13.3 Å². The van der Waals surface area contributed by atoms with Gasteiger partial charge in [-0.3, -0.25) is 0 Å². The van der Waals surface area contributed by atoms with Gasteiger partial charge in [0.05, 0.1) is 0 Å². The summed E-state index contributed by atoms with van der Waals surface area (Å²) < 4.78 is 1.97. The molecule has 0 saturated carbocycles. The van der Waals surface area contributed by atoms with Crippen LogP contribution in [0.15, 0.2) is 0 Å². The topological polar surface area (TPSA) is 68.8 Å². The molecule has 0 aliphatic carbocycles. The molecule has 1 aromatic heterocycles. The van der Waals surface area contributed by atoms with Crippen LogP contribution in [0.3, 0.4) is 0 Å². The molecule has 1 atom stereocenters. The molecule has 80 valence electrons. The molecule has 0 saturated heterocycles. The van der Waals surface area contributed by atoms with E-state index in [0.717, 1.165) is 24.6 Å². The second-order valence-electron chi connectivity index (χ2n) is 3.41. The maximum Gasteiger partial charge on any atom is 0.224 e. The number of rotatable bonds is 5. The predicted molar refractivity (Wildman–Crippen MR) is 57.3 cm³/mol. The molecular weight excluding hydrogens is 178 g/mol. The average molecular weight is 197 g/mol. The zero-order valence-corrected chi connectivity index (χ0v) is 9.12. The highest BCUT2D eigenvalue weighted by atomic mass is 15.3. The van der Waals surface area contributed by atoms with Crippen LogP contribution in [0.4, 0.5) is 5.95 Å². The number of nitrogens with zero attached hydrogens (tertiary/aromatic N) is 3. The van der Waals surface area contributed by atoms with Crippen LogP contribution >= 0.6 is 0 Å². The quantitative estimate of drug-likeness (QED) is 0.729. The van der Waals surface area contributed by atoms with Crippen molar-refractivity contribution in [3.63, 3.8) is 0 Å². The Morgan fingerprint density at radius 2 is 2.21 bits per heavy atom. The first-order valence-corrected chi connectivity index (χ1v) is 5.01. The molecule has 0 bridgehead atoms. The molecule has 5 heteroatoms. The van der Waals surface area contributed by atoms with Crippen molar-refractivity contribution in [1.29, 1.82) is 0 Å². The highest BCUT2D eigenvalue weighted by Gasteiger charge is 2.16. The van der Waals surface area contributed by atoms with Gasteiger partial charge in [0.2, 0.25) is 5.95 Å². The summed E-state index contributed by atoms with van der Waals surface area (Å²) >= 11 is 0. The fourth-order valence-electron chi connectivity index (χ4n) is 1.62. The molecular formula is C9H19N5. The molecule has 5 nitrogen and oxygen atoms in total. The van der Waals surface area contributed by atoms with E-state index in [2.05, 4.69) is 22.4 Å². The Morgan fingerprint density at radius 1 is 1.50 bits per heavy atom. The first-order valence-electron chi connectivity index (χ1n) is 5.01. The number of nitrogens with two attached hydrogens (primary N) is 1. The van der Waals surface area contributed by atoms with Crippen molar-refractivity contribution >= 4 is 5.95 Å². The molecule has 0 aromatic carbocycles. The summed E-state index contributed by atoms with van der Waals surface area (Å²) in [6, 6.07) is 0. The normalized spacial score (nSPS) is 12.9. The molecule has 1 aromatic rings. The lowest BCUT2D eigenvalue weighted by atomic mass is 10.0. The van der Waals surface area contributed by atoms with Crippen LogP contribution in [0.25, 0.3) is 0 Å². The van der Waals surface area contributed by atoms with Gasteiger partial charge in [-0.2, -0.15) is 0 Å². The van der Waals surface area contributed by atoms with E-state index in [1.165, 1.54) is 0 Å². The van der Waals surface area contributed by atoms with Crippen LogP contribution in [0, 0.1) is 0 Å². The van der Waals surface area contributed by atoms with Gasteiger partial charge in [0.25, 0.3) is 0 Å². The summed E-state index contributed by atoms with van der Waals surface area (Å²) in [4.78, 5) is 0. The van der Waals surface area contributed by atoms with E-state index < -0.39 is 0 Å². The van der Waals surface area contributed by atoms with Gasteiger partial charge in [0.1, 0.15) is 5.82 Å². The number of aromatic nitrogens is 3. The molecule has 0 aliphatic heterocycles. The summed E-state index contributed by atoms with van der Waals surface area (Å²) in [6.45, 7) is 2.78. The minimum absolute atomic E-state index is 0.319. The zero-order valence-electron chi connectivity index (χ0n) is 9.12. The van der Waals surface area contributed by atoms with Gasteiger partial charge in [0, 0.05) is 26.6 Å². The van der Waals surface area contributed by atoms with Crippen LogP contribution < -0.4 is 11.1 Å². The van der Waals surface area contributed by atoms with E-state index in [-0.39, 0.29) is 0 Å². The SMILES string of the molecule is CCCC(CN)c1nnc(NC)n1C. The first kappa shape index (κ1) is 11.0. The molecule has 0 fully saturated rings. The standard InChI is InChI=1S/C9H19N5/c1-4-5-7(6-10)8-12-13-9(11-2)14(8)3/h7H,4-6,10H2,1-3H3,(H,11,13). The zero-order chi connectivity index (χ0) is 10.6. The van der Waals surface area contributed by atoms with Crippen molar-refractivity contribution < 1.29 is 0 Å². The van der Waals surface area contributed by atoms with Gasteiger partial charge < -0.3 is 15.6 Å². The summed E-state index contributed by atoms with van der Waals surface area (Å²) in [6.07, 6.45) is 2.18. The molecule has 0 spiro atoms. The summed E-state index contributed by atoms with van der Waals surface area (Å²) in [5.41, 5.74) is 5.71. The third kappa shape index (κ3) is 2.04. The van der Waals surface area contributed by atoms with E-state index in [0.29, 0.717) is 12.5 Å². The third-order valence-corrected chi connectivity index (χ3v) is 2.42. The highest BCUT2D eigenvalue weighted by molar-refractivity contribution is 5.24. The van der Waals surface area contributed by atoms with Crippen molar-refractivity contribution in [3.05, 3.63) is 5.82 Å². The van der Waals surface area contributed by atoms with Crippen molar-refractivity contribution in [2.24, 2.45) is 12.8 Å². The minimum atomic E-state index is 0.319. The molecule has 3 N–H and O–H groups in total. The monoisotopic (exact) mass is 197 g/mol. The summed E-state index contributed by atoms with van der Waals surface area (Å²) in [7, 11) is 3.80. The molecule has 0 amide bonds. The van der Waals surface area contributed by atoms with Gasteiger partial charge in [-0.05, 0) is 6.42 Å². The number of hydrogen-bond acceptors (Lipinski definition) is 4. The highest BCUT2D eigenvalue weighted by Crippen LogP contribution is 2.19. The fraction of sp³-hybridized carbons (Fsp3) is 0.778. The fourth-order valence-corrected chi connectivity index (χ4v) is 1.62. The Labute approximate surface area is 84.7 Å². The Balaban J connectivity index is 2.87. The Morgan fingerprint density at radius 3 is 2.64 bits per heavy atom. The molecule has 1 heterocycles. The summed E-state index contributed by atoms with van der Waals surface area (Å²) in [5.74, 6) is 2.08. The van der Waals surface area contributed by atoms with Crippen molar-refractivity contribution in [2.75, 3.05) is 18.9 Å². The molecule has 0 radical (unpaired) electrons. The van der Waals surface area contributed by atoms with Crippen LogP contribution in [0.1, 0.15) is 31.5 Å². The Bertz CT molecular complexity index is 281. The van der Waals surface area contributed by atoms with Crippen LogP contribution in [-0.4, -0.2) is 28.4 Å². The molecule has 1 rings (SSSR count). The lowest BCUT2D eigenvalue weighted by Gasteiger charge is -2.12. The largest absolute Gasteiger partial charge is 0.357 e.